The van der Waals surface area contributed by atoms with Crippen molar-refractivity contribution in [2.24, 2.45) is 0 Å². The normalized spacial score (nSPS) is 19.1. The third kappa shape index (κ3) is 4.15. The van der Waals surface area contributed by atoms with Gasteiger partial charge in [0.2, 0.25) is 0 Å². The zero-order valence-corrected chi connectivity index (χ0v) is 13.8. The van der Waals surface area contributed by atoms with Crippen LogP contribution in [0.2, 0.25) is 0 Å². The molecule has 1 atom stereocenters. The van der Waals surface area contributed by atoms with Crippen molar-refractivity contribution in [3.05, 3.63) is 65.7 Å². The number of aromatic hydroxyl groups is 1. The number of aliphatic hydroxyl groups excluding tert-OH is 1. The number of β-amino-alcohol motifs (C(OH)–C–C–N with tert-alkyl or cyclic N) is 1. The summed E-state index contributed by atoms with van der Waals surface area (Å²) in [5.41, 5.74) is 1.04. The zero-order valence-electron chi connectivity index (χ0n) is 13.8. The minimum Gasteiger partial charge on any atom is -0.508 e. The Hall–Kier alpha value is -1.88. The van der Waals surface area contributed by atoms with Crippen molar-refractivity contribution in [1.82, 2.24) is 4.90 Å². The molecule has 3 rings (SSSR count). The molecule has 0 saturated carbocycles. The van der Waals surface area contributed by atoms with Crippen LogP contribution in [0.5, 0.6) is 5.75 Å². The molecule has 2 aromatic carbocycles. The molecular formula is C20H25NO3. The first kappa shape index (κ1) is 17.0. The van der Waals surface area contributed by atoms with Crippen LogP contribution in [0.1, 0.15) is 30.1 Å². The summed E-state index contributed by atoms with van der Waals surface area (Å²) >= 11 is 0. The molecule has 128 valence electrons. The van der Waals surface area contributed by atoms with Crippen molar-refractivity contribution in [3.8, 4) is 5.75 Å². The van der Waals surface area contributed by atoms with Crippen LogP contribution in [0.15, 0.2) is 54.6 Å². The van der Waals surface area contributed by atoms with Crippen LogP contribution in [0.4, 0.5) is 0 Å². The molecule has 2 aromatic rings. The number of hydrogen-bond acceptors (Lipinski definition) is 4. The molecule has 0 radical (unpaired) electrons. The average molecular weight is 327 g/mol. The van der Waals surface area contributed by atoms with Crippen LogP contribution in [0.25, 0.3) is 0 Å². The molecule has 4 heteroatoms. The van der Waals surface area contributed by atoms with Crippen LogP contribution in [-0.4, -0.2) is 45.5 Å². The van der Waals surface area contributed by atoms with Crippen molar-refractivity contribution in [2.45, 2.75) is 31.0 Å². The van der Waals surface area contributed by atoms with Gasteiger partial charge >= 0.3 is 0 Å². The highest BCUT2D eigenvalue weighted by Gasteiger charge is 2.33. The Balaban J connectivity index is 1.54. The lowest BCUT2D eigenvalue weighted by molar-refractivity contribution is -0.0296. The summed E-state index contributed by atoms with van der Waals surface area (Å²) in [5.74, 6) is 0.127. The number of likely N-dealkylation sites (tertiary alicyclic amines) is 1. The quantitative estimate of drug-likeness (QED) is 0.789. The fourth-order valence-electron chi connectivity index (χ4n) is 3.42. The zero-order chi connectivity index (χ0) is 17.0. The maximum Gasteiger partial charge on any atom is 0.121 e. The predicted molar refractivity (Wildman–Crippen MR) is 93.8 cm³/mol. The molecule has 3 N–H and O–H groups in total. The number of benzene rings is 2. The molecular weight excluding hydrogens is 302 g/mol. The Labute approximate surface area is 143 Å². The van der Waals surface area contributed by atoms with Gasteiger partial charge in [-0.3, -0.25) is 0 Å². The molecule has 1 unspecified atom stereocenters. The minimum absolute atomic E-state index is 0.127. The Morgan fingerprint density at radius 2 is 1.58 bits per heavy atom. The number of para-hydroxylation sites is 1. The van der Waals surface area contributed by atoms with E-state index in [4.69, 9.17) is 0 Å². The molecule has 1 aliphatic rings. The minimum atomic E-state index is -0.716. The maximum absolute atomic E-state index is 10.8. The van der Waals surface area contributed by atoms with Gasteiger partial charge in [0, 0.05) is 31.6 Å². The van der Waals surface area contributed by atoms with Gasteiger partial charge in [-0.25, -0.2) is 0 Å². The number of hydrogen-bond donors (Lipinski definition) is 3. The van der Waals surface area contributed by atoms with Crippen LogP contribution in [0.3, 0.4) is 0 Å². The van der Waals surface area contributed by atoms with Gasteiger partial charge in [-0.05, 0) is 24.5 Å². The molecule has 0 aromatic heterocycles. The van der Waals surface area contributed by atoms with Crippen molar-refractivity contribution in [2.75, 3.05) is 19.6 Å². The number of phenolic OH excluding ortho intramolecular Hbond substituents is 1. The van der Waals surface area contributed by atoms with Crippen molar-refractivity contribution in [3.63, 3.8) is 0 Å². The van der Waals surface area contributed by atoms with Crippen molar-refractivity contribution in [1.29, 1.82) is 0 Å². The lowest BCUT2D eigenvalue weighted by Crippen LogP contribution is -2.46. The largest absolute Gasteiger partial charge is 0.508 e. The Morgan fingerprint density at radius 1 is 0.958 bits per heavy atom. The lowest BCUT2D eigenvalue weighted by Gasteiger charge is -2.39. The smallest absolute Gasteiger partial charge is 0.121 e. The van der Waals surface area contributed by atoms with E-state index in [0.29, 0.717) is 31.4 Å². The van der Waals surface area contributed by atoms with Crippen LogP contribution >= 0.6 is 0 Å². The van der Waals surface area contributed by atoms with Gasteiger partial charge < -0.3 is 20.2 Å². The molecule has 0 spiro atoms. The van der Waals surface area contributed by atoms with Crippen LogP contribution < -0.4 is 0 Å². The van der Waals surface area contributed by atoms with Gasteiger partial charge in [-0.1, -0.05) is 48.5 Å². The first-order valence-electron chi connectivity index (χ1n) is 8.50. The fraction of sp³-hybridized carbons (Fsp3) is 0.400. The second kappa shape index (κ2) is 7.34. The molecule has 0 bridgehead atoms. The topological polar surface area (TPSA) is 63.9 Å². The molecule has 0 aliphatic carbocycles. The molecule has 1 aliphatic heterocycles. The Kier molecular flexibility index (Phi) is 5.19. The van der Waals surface area contributed by atoms with Gasteiger partial charge in [-0.15, -0.1) is 0 Å². The van der Waals surface area contributed by atoms with Crippen molar-refractivity contribution >= 4 is 0 Å². The van der Waals surface area contributed by atoms with E-state index in [0.717, 1.165) is 18.7 Å². The monoisotopic (exact) mass is 327 g/mol. The summed E-state index contributed by atoms with van der Waals surface area (Å²) in [6.07, 6.45) is 1.33. The predicted octanol–water partition coefficient (Wildman–Crippen LogP) is 2.50. The third-order valence-electron chi connectivity index (χ3n) is 4.89. The Bertz CT molecular complexity index is 651. The third-order valence-corrected chi connectivity index (χ3v) is 4.89. The number of phenols is 1. The van der Waals surface area contributed by atoms with Gasteiger partial charge in [0.05, 0.1) is 11.7 Å². The van der Waals surface area contributed by atoms with Gasteiger partial charge in [0.15, 0.2) is 0 Å². The van der Waals surface area contributed by atoms with Crippen LogP contribution in [-0.2, 0) is 6.42 Å². The molecule has 1 heterocycles. The number of rotatable bonds is 5. The van der Waals surface area contributed by atoms with E-state index in [1.807, 2.05) is 36.4 Å². The summed E-state index contributed by atoms with van der Waals surface area (Å²) in [5, 5.41) is 31.0. The van der Waals surface area contributed by atoms with Crippen LogP contribution in [0, 0.1) is 0 Å². The van der Waals surface area contributed by atoms with E-state index in [9.17, 15) is 15.3 Å². The highest BCUT2D eigenvalue weighted by molar-refractivity contribution is 5.33. The maximum atomic E-state index is 10.8. The number of aliphatic hydroxyl groups is 2. The van der Waals surface area contributed by atoms with E-state index in [2.05, 4.69) is 4.90 Å². The lowest BCUT2D eigenvalue weighted by atomic mass is 9.85. The van der Waals surface area contributed by atoms with Gasteiger partial charge in [0.1, 0.15) is 5.75 Å². The summed E-state index contributed by atoms with van der Waals surface area (Å²) in [7, 11) is 0. The molecule has 1 fully saturated rings. The van der Waals surface area contributed by atoms with E-state index >= 15 is 0 Å². The van der Waals surface area contributed by atoms with Crippen molar-refractivity contribution < 1.29 is 15.3 Å². The highest BCUT2D eigenvalue weighted by Crippen LogP contribution is 2.29. The standard InChI is InChI=1S/C20H25NO3/c22-18-9-5-4-8-17(18)19(23)15-21-12-10-20(24,11-13-21)14-16-6-2-1-3-7-16/h1-9,19,22-24H,10-15H2. The Morgan fingerprint density at radius 3 is 2.25 bits per heavy atom. The summed E-state index contributed by atoms with van der Waals surface area (Å²) < 4.78 is 0. The molecule has 0 amide bonds. The molecule has 24 heavy (non-hydrogen) atoms. The fourth-order valence-corrected chi connectivity index (χ4v) is 3.42. The number of piperidine rings is 1. The van der Waals surface area contributed by atoms with E-state index in [1.165, 1.54) is 0 Å². The summed E-state index contributed by atoms with van der Waals surface area (Å²) in [4.78, 5) is 2.15. The summed E-state index contributed by atoms with van der Waals surface area (Å²) in [6, 6.07) is 17.0. The first-order valence-corrected chi connectivity index (χ1v) is 8.50. The van der Waals surface area contributed by atoms with Gasteiger partial charge in [-0.2, -0.15) is 0 Å². The second-order valence-electron chi connectivity index (χ2n) is 6.76. The highest BCUT2D eigenvalue weighted by atomic mass is 16.3. The summed E-state index contributed by atoms with van der Waals surface area (Å²) in [6.45, 7) is 1.96. The first-order chi connectivity index (χ1) is 11.6. The van der Waals surface area contributed by atoms with E-state index in [-0.39, 0.29) is 5.75 Å². The van der Waals surface area contributed by atoms with E-state index < -0.39 is 11.7 Å². The second-order valence-corrected chi connectivity index (χ2v) is 6.76. The SMILES string of the molecule is Oc1ccccc1C(O)CN1CCC(O)(Cc2ccccc2)CC1. The van der Waals surface area contributed by atoms with Gasteiger partial charge in [0.25, 0.3) is 0 Å². The molecule has 4 nitrogen and oxygen atoms in total. The average Bonchev–Trinajstić information content (AvgIpc) is 2.58. The number of nitrogens with zero attached hydrogens (tertiary/aromatic N) is 1. The van der Waals surface area contributed by atoms with E-state index in [1.54, 1.807) is 18.2 Å². The molecule has 1 saturated heterocycles.